The van der Waals surface area contributed by atoms with E-state index in [0.717, 1.165) is 29.7 Å². The SMILES string of the molecule is O=C(CC1CC(c2ccc(CO)c(OC3CCCC3)c2)=NO1)N(CCO)CCO. The van der Waals surface area contributed by atoms with Crippen LogP contribution in [0.25, 0.3) is 0 Å². The maximum atomic E-state index is 12.4. The van der Waals surface area contributed by atoms with Crippen molar-refractivity contribution in [2.75, 3.05) is 26.3 Å². The molecular weight excluding hydrogens is 376 g/mol. The maximum Gasteiger partial charge on any atom is 0.226 e. The maximum absolute atomic E-state index is 12.4. The number of amides is 1. The molecule has 1 atom stereocenters. The van der Waals surface area contributed by atoms with E-state index in [1.54, 1.807) is 0 Å². The predicted octanol–water partition coefficient (Wildman–Crippen LogP) is 1.20. The molecular formula is C21H30N2O6. The highest BCUT2D eigenvalue weighted by Crippen LogP contribution is 2.29. The summed E-state index contributed by atoms with van der Waals surface area (Å²) in [5, 5.41) is 31.9. The molecule has 1 saturated carbocycles. The molecule has 0 saturated heterocycles. The van der Waals surface area contributed by atoms with Gasteiger partial charge in [0.1, 0.15) is 11.9 Å². The van der Waals surface area contributed by atoms with Gasteiger partial charge in [0.15, 0.2) is 0 Å². The van der Waals surface area contributed by atoms with Gasteiger partial charge < -0.3 is 29.8 Å². The van der Waals surface area contributed by atoms with Crippen molar-refractivity contribution >= 4 is 11.6 Å². The van der Waals surface area contributed by atoms with E-state index in [1.807, 2.05) is 18.2 Å². The molecule has 1 aromatic carbocycles. The van der Waals surface area contributed by atoms with E-state index >= 15 is 0 Å². The molecule has 1 aliphatic carbocycles. The van der Waals surface area contributed by atoms with Gasteiger partial charge in [0.05, 0.1) is 38.1 Å². The highest BCUT2D eigenvalue weighted by Gasteiger charge is 2.27. The van der Waals surface area contributed by atoms with Gasteiger partial charge in [-0.1, -0.05) is 17.3 Å². The average Bonchev–Trinajstić information content (AvgIpc) is 3.40. The summed E-state index contributed by atoms with van der Waals surface area (Å²) in [5.74, 6) is 0.492. The Hall–Kier alpha value is -2.16. The summed E-state index contributed by atoms with van der Waals surface area (Å²) in [4.78, 5) is 19.3. The number of carbonyl (C=O) groups excluding carboxylic acids is 1. The van der Waals surface area contributed by atoms with Gasteiger partial charge in [-0.3, -0.25) is 4.79 Å². The zero-order valence-corrected chi connectivity index (χ0v) is 16.6. The lowest BCUT2D eigenvalue weighted by atomic mass is 10.0. The van der Waals surface area contributed by atoms with Gasteiger partial charge in [-0.15, -0.1) is 0 Å². The van der Waals surface area contributed by atoms with Gasteiger partial charge in [0.25, 0.3) is 0 Å². The van der Waals surface area contributed by atoms with E-state index in [-0.39, 0.29) is 57.4 Å². The first-order chi connectivity index (χ1) is 14.1. The number of oxime groups is 1. The molecule has 1 amide bonds. The van der Waals surface area contributed by atoms with Gasteiger partial charge in [0.2, 0.25) is 5.91 Å². The molecule has 3 rings (SSSR count). The minimum Gasteiger partial charge on any atom is -0.490 e. The van der Waals surface area contributed by atoms with Crippen LogP contribution in [-0.4, -0.2) is 70.3 Å². The number of carbonyl (C=O) groups is 1. The quantitative estimate of drug-likeness (QED) is 0.538. The van der Waals surface area contributed by atoms with Crippen molar-refractivity contribution in [1.29, 1.82) is 0 Å². The minimum atomic E-state index is -0.380. The van der Waals surface area contributed by atoms with Gasteiger partial charge in [-0.25, -0.2) is 0 Å². The summed E-state index contributed by atoms with van der Waals surface area (Å²) in [7, 11) is 0. The Labute approximate surface area is 170 Å². The fraction of sp³-hybridized carbons (Fsp3) is 0.619. The number of aliphatic hydroxyl groups is 3. The van der Waals surface area contributed by atoms with Crippen molar-refractivity contribution in [3.8, 4) is 5.75 Å². The van der Waals surface area contributed by atoms with Crippen LogP contribution in [0.4, 0.5) is 0 Å². The Kier molecular flexibility index (Phi) is 7.85. The molecule has 3 N–H and O–H groups in total. The zero-order valence-electron chi connectivity index (χ0n) is 16.6. The first-order valence-electron chi connectivity index (χ1n) is 10.3. The van der Waals surface area contributed by atoms with Gasteiger partial charge >= 0.3 is 0 Å². The number of benzene rings is 1. The number of rotatable bonds is 10. The van der Waals surface area contributed by atoms with Crippen molar-refractivity contribution in [3.63, 3.8) is 0 Å². The summed E-state index contributed by atoms with van der Waals surface area (Å²) >= 11 is 0. The van der Waals surface area contributed by atoms with Crippen molar-refractivity contribution in [3.05, 3.63) is 29.3 Å². The molecule has 8 heteroatoms. The Balaban J connectivity index is 1.62. The van der Waals surface area contributed by atoms with Gasteiger partial charge in [-0.2, -0.15) is 0 Å². The summed E-state index contributed by atoms with van der Waals surface area (Å²) in [6.45, 7) is -0.0252. The Morgan fingerprint density at radius 3 is 2.55 bits per heavy atom. The summed E-state index contributed by atoms with van der Waals surface area (Å²) in [5.41, 5.74) is 2.34. The van der Waals surface area contributed by atoms with E-state index in [0.29, 0.717) is 12.2 Å². The van der Waals surface area contributed by atoms with E-state index in [4.69, 9.17) is 19.8 Å². The molecule has 0 spiro atoms. The molecule has 1 aromatic rings. The Bertz CT molecular complexity index is 711. The molecule has 0 aromatic heterocycles. The molecule has 160 valence electrons. The molecule has 1 fully saturated rings. The largest absolute Gasteiger partial charge is 0.490 e. The molecule has 29 heavy (non-hydrogen) atoms. The first-order valence-corrected chi connectivity index (χ1v) is 10.3. The molecule has 1 unspecified atom stereocenters. The third-order valence-electron chi connectivity index (χ3n) is 5.39. The number of nitrogens with zero attached hydrogens (tertiary/aromatic N) is 2. The fourth-order valence-corrected chi connectivity index (χ4v) is 3.79. The zero-order chi connectivity index (χ0) is 20.6. The first kappa shape index (κ1) is 21.5. The van der Waals surface area contributed by atoms with E-state index in [2.05, 4.69) is 5.16 Å². The second-order valence-corrected chi connectivity index (χ2v) is 7.51. The predicted molar refractivity (Wildman–Crippen MR) is 107 cm³/mol. The van der Waals surface area contributed by atoms with Gasteiger partial charge in [0, 0.05) is 30.6 Å². The van der Waals surface area contributed by atoms with Gasteiger partial charge in [-0.05, 0) is 31.7 Å². The molecule has 2 aliphatic rings. The molecule has 1 heterocycles. The van der Waals surface area contributed by atoms with E-state index in [1.165, 1.54) is 17.7 Å². The molecule has 0 bridgehead atoms. The van der Waals surface area contributed by atoms with Crippen LogP contribution in [0.15, 0.2) is 23.4 Å². The fourth-order valence-electron chi connectivity index (χ4n) is 3.79. The lowest BCUT2D eigenvalue weighted by Crippen LogP contribution is -2.37. The Morgan fingerprint density at radius 2 is 1.90 bits per heavy atom. The van der Waals surface area contributed by atoms with Crippen molar-refractivity contribution < 1.29 is 29.7 Å². The van der Waals surface area contributed by atoms with Crippen LogP contribution in [0.3, 0.4) is 0 Å². The number of aliphatic hydroxyl groups excluding tert-OH is 3. The highest BCUT2D eigenvalue weighted by atomic mass is 16.6. The van der Waals surface area contributed by atoms with Crippen LogP contribution >= 0.6 is 0 Å². The summed E-state index contributed by atoms with van der Waals surface area (Å²) in [6, 6.07) is 5.61. The minimum absolute atomic E-state index is 0.0893. The third-order valence-corrected chi connectivity index (χ3v) is 5.39. The number of hydrogen-bond acceptors (Lipinski definition) is 7. The monoisotopic (exact) mass is 406 g/mol. The third kappa shape index (κ3) is 5.68. The van der Waals surface area contributed by atoms with E-state index in [9.17, 15) is 9.90 Å². The van der Waals surface area contributed by atoms with Crippen molar-refractivity contribution in [1.82, 2.24) is 4.90 Å². The van der Waals surface area contributed by atoms with Crippen LogP contribution in [0.5, 0.6) is 5.75 Å². The lowest BCUT2D eigenvalue weighted by molar-refractivity contribution is -0.134. The van der Waals surface area contributed by atoms with Crippen LogP contribution in [-0.2, 0) is 16.2 Å². The van der Waals surface area contributed by atoms with Crippen molar-refractivity contribution in [2.45, 2.75) is 57.3 Å². The topological polar surface area (TPSA) is 112 Å². The normalized spacial score (nSPS) is 19.1. The lowest BCUT2D eigenvalue weighted by Gasteiger charge is -2.21. The molecule has 1 aliphatic heterocycles. The average molecular weight is 406 g/mol. The standard InChI is InChI=1S/C21H30N2O6/c24-9-7-23(8-10-25)21(27)13-18-12-19(22-29-18)15-5-6-16(14-26)20(11-15)28-17-3-1-2-4-17/h5-6,11,17-18,24-26H,1-4,7-10,12-14H2. The Morgan fingerprint density at radius 1 is 1.17 bits per heavy atom. The summed E-state index contributed by atoms with van der Waals surface area (Å²) < 4.78 is 6.11. The molecule has 8 nitrogen and oxygen atoms in total. The van der Waals surface area contributed by atoms with Crippen LogP contribution in [0.1, 0.15) is 49.7 Å². The smallest absolute Gasteiger partial charge is 0.226 e. The van der Waals surface area contributed by atoms with E-state index < -0.39 is 0 Å². The highest BCUT2D eigenvalue weighted by molar-refractivity contribution is 6.02. The number of ether oxygens (including phenoxy) is 1. The second-order valence-electron chi connectivity index (χ2n) is 7.51. The van der Waals surface area contributed by atoms with Crippen LogP contribution < -0.4 is 4.74 Å². The molecule has 0 radical (unpaired) electrons. The second kappa shape index (κ2) is 10.6. The number of hydrogen-bond donors (Lipinski definition) is 3. The van der Waals surface area contributed by atoms with Crippen LogP contribution in [0, 0.1) is 0 Å². The summed E-state index contributed by atoms with van der Waals surface area (Å²) in [6.07, 6.45) is 4.81. The van der Waals surface area contributed by atoms with Crippen molar-refractivity contribution in [2.24, 2.45) is 5.16 Å². The van der Waals surface area contributed by atoms with Crippen LogP contribution in [0.2, 0.25) is 0 Å².